The van der Waals surface area contributed by atoms with Gasteiger partial charge in [0.05, 0.1) is 6.61 Å². The van der Waals surface area contributed by atoms with Gasteiger partial charge in [-0.1, -0.05) is 19.4 Å². The van der Waals surface area contributed by atoms with Crippen LogP contribution in [0.3, 0.4) is 0 Å². The van der Waals surface area contributed by atoms with Gasteiger partial charge in [-0.2, -0.15) is 0 Å². The standard InChI is InChI=1S/C20H34N2O4/c1-4-7-16(5-2)14-26-19(24)22-15-20(10-12-21-13-11-20)9-8-17(22)18(23)25-6-3/h5,17,21H,4,6-15H2,1-3H3. The highest BCUT2D eigenvalue weighted by Crippen LogP contribution is 2.40. The minimum Gasteiger partial charge on any atom is -0.464 e. The summed E-state index contributed by atoms with van der Waals surface area (Å²) in [4.78, 5) is 26.8. The lowest BCUT2D eigenvalue weighted by Gasteiger charge is -2.47. The second-order valence-electron chi connectivity index (χ2n) is 7.44. The molecular formula is C20H34N2O4. The van der Waals surface area contributed by atoms with Crippen molar-refractivity contribution in [3.8, 4) is 0 Å². The number of allylic oxidation sites excluding steroid dienone is 1. The lowest BCUT2D eigenvalue weighted by atomic mass is 9.71. The van der Waals surface area contributed by atoms with E-state index in [-0.39, 0.29) is 11.4 Å². The molecule has 0 bridgehead atoms. The third kappa shape index (κ3) is 5.22. The second-order valence-corrected chi connectivity index (χ2v) is 7.44. The molecule has 2 aliphatic rings. The Labute approximate surface area is 157 Å². The molecule has 0 aliphatic carbocycles. The highest BCUT2D eigenvalue weighted by atomic mass is 16.6. The van der Waals surface area contributed by atoms with Gasteiger partial charge in [0.25, 0.3) is 0 Å². The van der Waals surface area contributed by atoms with Gasteiger partial charge in [-0.05, 0) is 70.0 Å². The maximum absolute atomic E-state index is 12.8. The fourth-order valence-corrected chi connectivity index (χ4v) is 4.05. The van der Waals surface area contributed by atoms with Gasteiger partial charge in [-0.3, -0.25) is 4.90 Å². The van der Waals surface area contributed by atoms with Crippen molar-refractivity contribution in [2.75, 3.05) is 32.8 Å². The van der Waals surface area contributed by atoms with E-state index in [9.17, 15) is 9.59 Å². The molecule has 0 radical (unpaired) electrons. The molecule has 0 aromatic rings. The SMILES string of the molecule is CC=C(CCC)COC(=O)N1CC2(CCNCC2)CCC1C(=O)OCC. The quantitative estimate of drug-likeness (QED) is 0.577. The number of esters is 1. The van der Waals surface area contributed by atoms with E-state index in [0.717, 1.165) is 50.8 Å². The van der Waals surface area contributed by atoms with Crippen LogP contribution in [0.25, 0.3) is 0 Å². The fraction of sp³-hybridized carbons (Fsp3) is 0.800. The molecule has 0 saturated carbocycles. The largest absolute Gasteiger partial charge is 0.464 e. The summed E-state index contributed by atoms with van der Waals surface area (Å²) in [6.07, 6.45) is 7.21. The van der Waals surface area contributed by atoms with Crippen molar-refractivity contribution < 1.29 is 19.1 Å². The molecule has 1 spiro atoms. The summed E-state index contributed by atoms with van der Waals surface area (Å²) in [5.41, 5.74) is 1.21. The molecule has 1 N–H and O–H groups in total. The average Bonchev–Trinajstić information content (AvgIpc) is 2.65. The van der Waals surface area contributed by atoms with Crippen molar-refractivity contribution >= 4 is 12.1 Å². The van der Waals surface area contributed by atoms with E-state index in [1.54, 1.807) is 11.8 Å². The molecule has 1 atom stereocenters. The summed E-state index contributed by atoms with van der Waals surface area (Å²) in [5.74, 6) is -0.312. The van der Waals surface area contributed by atoms with Crippen molar-refractivity contribution in [3.05, 3.63) is 11.6 Å². The molecule has 0 aromatic carbocycles. The van der Waals surface area contributed by atoms with Gasteiger partial charge >= 0.3 is 12.1 Å². The Morgan fingerprint density at radius 2 is 1.92 bits per heavy atom. The van der Waals surface area contributed by atoms with E-state index in [4.69, 9.17) is 9.47 Å². The highest BCUT2D eigenvalue weighted by Gasteiger charge is 2.45. The van der Waals surface area contributed by atoms with Gasteiger partial charge in [0.15, 0.2) is 0 Å². The number of piperidine rings is 2. The summed E-state index contributed by atoms with van der Waals surface area (Å²) in [6.45, 7) is 8.99. The van der Waals surface area contributed by atoms with Crippen LogP contribution in [-0.4, -0.2) is 55.9 Å². The minimum atomic E-state index is -0.525. The molecule has 2 fully saturated rings. The number of hydrogen-bond donors (Lipinski definition) is 1. The first-order valence-corrected chi connectivity index (χ1v) is 10.00. The van der Waals surface area contributed by atoms with Crippen molar-refractivity contribution in [2.45, 2.75) is 65.3 Å². The number of carbonyl (C=O) groups excluding carboxylic acids is 2. The van der Waals surface area contributed by atoms with Gasteiger partial charge in [0.1, 0.15) is 12.6 Å². The Bertz CT molecular complexity index is 512. The molecule has 2 saturated heterocycles. The molecule has 6 nitrogen and oxygen atoms in total. The van der Waals surface area contributed by atoms with Gasteiger partial charge < -0.3 is 14.8 Å². The van der Waals surface area contributed by atoms with E-state index < -0.39 is 12.1 Å². The summed E-state index contributed by atoms with van der Waals surface area (Å²) in [5, 5.41) is 3.38. The topological polar surface area (TPSA) is 67.9 Å². The summed E-state index contributed by atoms with van der Waals surface area (Å²) >= 11 is 0. The Morgan fingerprint density at radius 1 is 1.19 bits per heavy atom. The molecular weight excluding hydrogens is 332 g/mol. The fourth-order valence-electron chi connectivity index (χ4n) is 4.05. The first kappa shape index (κ1) is 20.7. The predicted octanol–water partition coefficient (Wildman–Crippen LogP) is 3.27. The predicted molar refractivity (Wildman–Crippen MR) is 101 cm³/mol. The van der Waals surface area contributed by atoms with E-state index in [0.29, 0.717) is 26.2 Å². The van der Waals surface area contributed by atoms with Crippen molar-refractivity contribution in [1.29, 1.82) is 0 Å². The number of amides is 1. The molecule has 2 aliphatic heterocycles. The highest BCUT2D eigenvalue weighted by molar-refractivity contribution is 5.81. The van der Waals surface area contributed by atoms with Crippen LogP contribution in [0.5, 0.6) is 0 Å². The number of carbonyl (C=O) groups is 2. The zero-order valence-corrected chi connectivity index (χ0v) is 16.5. The number of ether oxygens (including phenoxy) is 2. The number of rotatable bonds is 6. The van der Waals surface area contributed by atoms with Crippen LogP contribution < -0.4 is 5.32 Å². The van der Waals surface area contributed by atoms with Crippen LogP contribution in [0, 0.1) is 5.41 Å². The van der Waals surface area contributed by atoms with Gasteiger partial charge in [-0.15, -0.1) is 0 Å². The maximum Gasteiger partial charge on any atom is 0.410 e. The Kier molecular flexibility index (Phi) is 7.94. The minimum absolute atomic E-state index is 0.0973. The third-order valence-electron chi connectivity index (χ3n) is 5.65. The van der Waals surface area contributed by atoms with Crippen LogP contribution in [-0.2, 0) is 14.3 Å². The van der Waals surface area contributed by atoms with Crippen molar-refractivity contribution in [2.24, 2.45) is 5.41 Å². The number of likely N-dealkylation sites (tertiary alicyclic amines) is 1. The van der Waals surface area contributed by atoms with E-state index in [1.165, 1.54) is 0 Å². The van der Waals surface area contributed by atoms with Crippen LogP contribution in [0.2, 0.25) is 0 Å². The first-order valence-electron chi connectivity index (χ1n) is 10.00. The molecule has 1 unspecified atom stereocenters. The summed E-state index contributed by atoms with van der Waals surface area (Å²) < 4.78 is 10.8. The second kappa shape index (κ2) is 9.95. The van der Waals surface area contributed by atoms with Gasteiger partial charge in [-0.25, -0.2) is 9.59 Å². The van der Waals surface area contributed by atoms with Crippen LogP contribution in [0.1, 0.15) is 59.3 Å². The van der Waals surface area contributed by atoms with Crippen molar-refractivity contribution in [1.82, 2.24) is 10.2 Å². The number of hydrogen-bond acceptors (Lipinski definition) is 5. The first-order chi connectivity index (χ1) is 12.5. The van der Waals surface area contributed by atoms with Gasteiger partial charge in [0, 0.05) is 6.54 Å². The zero-order chi connectivity index (χ0) is 19.0. The van der Waals surface area contributed by atoms with E-state index >= 15 is 0 Å². The molecule has 26 heavy (non-hydrogen) atoms. The average molecular weight is 367 g/mol. The van der Waals surface area contributed by atoms with Gasteiger partial charge in [0.2, 0.25) is 0 Å². The lowest BCUT2D eigenvalue weighted by molar-refractivity contribution is -0.152. The Balaban J connectivity index is 2.08. The third-order valence-corrected chi connectivity index (χ3v) is 5.65. The maximum atomic E-state index is 12.8. The summed E-state index contributed by atoms with van der Waals surface area (Å²) in [6, 6.07) is -0.525. The van der Waals surface area contributed by atoms with Crippen LogP contribution >= 0.6 is 0 Å². The van der Waals surface area contributed by atoms with Crippen LogP contribution in [0.4, 0.5) is 4.79 Å². The molecule has 2 heterocycles. The monoisotopic (exact) mass is 366 g/mol. The van der Waals surface area contributed by atoms with E-state index in [2.05, 4.69) is 12.2 Å². The lowest BCUT2D eigenvalue weighted by Crippen LogP contribution is -2.57. The number of nitrogens with zero attached hydrogens (tertiary/aromatic N) is 1. The smallest absolute Gasteiger partial charge is 0.410 e. The molecule has 2 rings (SSSR count). The molecule has 6 heteroatoms. The molecule has 0 aromatic heterocycles. The number of nitrogens with one attached hydrogen (secondary N) is 1. The Morgan fingerprint density at radius 3 is 2.54 bits per heavy atom. The molecule has 1 amide bonds. The molecule has 148 valence electrons. The normalized spacial score (nSPS) is 23.0. The van der Waals surface area contributed by atoms with E-state index in [1.807, 2.05) is 13.0 Å². The Hall–Kier alpha value is -1.56. The van der Waals surface area contributed by atoms with Crippen molar-refractivity contribution in [3.63, 3.8) is 0 Å². The zero-order valence-electron chi connectivity index (χ0n) is 16.5. The summed E-state index contributed by atoms with van der Waals surface area (Å²) in [7, 11) is 0. The van der Waals surface area contributed by atoms with Crippen LogP contribution in [0.15, 0.2) is 11.6 Å².